The second-order valence-corrected chi connectivity index (χ2v) is 10.1. The minimum Gasteiger partial charge on any atom is -0.489 e. The van der Waals surface area contributed by atoms with Gasteiger partial charge in [0.05, 0.1) is 6.10 Å². The van der Waals surface area contributed by atoms with Crippen molar-refractivity contribution in [3.05, 3.63) is 137 Å². The summed E-state index contributed by atoms with van der Waals surface area (Å²) >= 11 is 0. The Morgan fingerprint density at radius 2 is 1.38 bits per heavy atom. The summed E-state index contributed by atoms with van der Waals surface area (Å²) in [5.41, 5.74) is 7.97. The van der Waals surface area contributed by atoms with E-state index in [4.69, 9.17) is 4.74 Å². The first-order valence-corrected chi connectivity index (χ1v) is 13.5. The van der Waals surface area contributed by atoms with Crippen LogP contribution in [0.25, 0.3) is 0 Å². The van der Waals surface area contributed by atoms with Crippen molar-refractivity contribution in [1.29, 1.82) is 0 Å². The Morgan fingerprint density at radius 3 is 2.03 bits per heavy atom. The van der Waals surface area contributed by atoms with Crippen molar-refractivity contribution < 1.29 is 9.84 Å². The molecule has 190 valence electrons. The lowest BCUT2D eigenvalue weighted by Gasteiger charge is -2.23. The van der Waals surface area contributed by atoms with Gasteiger partial charge in [0, 0.05) is 12.0 Å². The fourth-order valence-electron chi connectivity index (χ4n) is 5.49. The number of hydrogen-bond donors (Lipinski definition) is 2. The van der Waals surface area contributed by atoms with E-state index in [0.717, 1.165) is 49.1 Å². The minimum atomic E-state index is -0.567. The second-order valence-electron chi connectivity index (χ2n) is 10.1. The molecule has 4 aromatic rings. The van der Waals surface area contributed by atoms with E-state index >= 15 is 0 Å². The van der Waals surface area contributed by atoms with E-state index < -0.39 is 6.10 Å². The van der Waals surface area contributed by atoms with Crippen LogP contribution in [-0.4, -0.2) is 17.7 Å². The number of aliphatic hydroxyl groups excluding tert-OH is 1. The van der Waals surface area contributed by atoms with Crippen LogP contribution >= 0.6 is 0 Å². The van der Waals surface area contributed by atoms with Crippen LogP contribution in [0.15, 0.2) is 103 Å². The lowest BCUT2D eigenvalue weighted by Crippen LogP contribution is -2.33. The Labute approximate surface area is 221 Å². The van der Waals surface area contributed by atoms with E-state index in [1.165, 1.54) is 22.3 Å². The number of rotatable bonds is 10. The molecule has 1 aliphatic rings. The molecule has 0 saturated heterocycles. The van der Waals surface area contributed by atoms with Crippen molar-refractivity contribution >= 4 is 0 Å². The highest BCUT2D eigenvalue weighted by molar-refractivity contribution is 5.44. The number of aryl methyl sites for hydroxylation is 2. The van der Waals surface area contributed by atoms with E-state index in [1.54, 1.807) is 0 Å². The number of ether oxygens (including phenoxy) is 1. The number of fused-ring (bicyclic) bond motifs is 2. The molecule has 0 heterocycles. The molecule has 0 bridgehead atoms. The van der Waals surface area contributed by atoms with Gasteiger partial charge in [-0.05, 0) is 84.7 Å². The van der Waals surface area contributed by atoms with Gasteiger partial charge in [0.15, 0.2) is 0 Å². The third-order valence-electron chi connectivity index (χ3n) is 7.60. The Kier molecular flexibility index (Phi) is 8.35. The highest BCUT2D eigenvalue weighted by atomic mass is 16.5. The largest absolute Gasteiger partial charge is 0.489 e. The zero-order valence-corrected chi connectivity index (χ0v) is 21.6. The Bertz CT molecular complexity index is 1220. The number of hydrogen-bond acceptors (Lipinski definition) is 3. The van der Waals surface area contributed by atoms with Crippen molar-refractivity contribution in [2.75, 3.05) is 6.54 Å². The number of aliphatic hydroxyl groups is 1. The first-order chi connectivity index (χ1) is 18.2. The molecular formula is C34H37NO2. The van der Waals surface area contributed by atoms with Crippen LogP contribution in [0.1, 0.15) is 65.2 Å². The van der Waals surface area contributed by atoms with Crippen LogP contribution in [0, 0.1) is 0 Å². The van der Waals surface area contributed by atoms with Gasteiger partial charge in [0.25, 0.3) is 0 Å². The van der Waals surface area contributed by atoms with E-state index in [2.05, 4.69) is 72.9 Å². The summed E-state index contributed by atoms with van der Waals surface area (Å²) in [7, 11) is 0. The summed E-state index contributed by atoms with van der Waals surface area (Å²) in [6.45, 7) is 3.47. The average Bonchev–Trinajstić information content (AvgIpc) is 3.11. The van der Waals surface area contributed by atoms with Crippen LogP contribution in [-0.2, 0) is 19.4 Å². The van der Waals surface area contributed by atoms with E-state index in [1.807, 2.05) is 42.5 Å². The third kappa shape index (κ3) is 6.30. The minimum absolute atomic E-state index is 0.0372. The smallest absolute Gasteiger partial charge is 0.119 e. The van der Waals surface area contributed by atoms with Crippen molar-refractivity contribution in [2.45, 2.75) is 57.3 Å². The van der Waals surface area contributed by atoms with Crippen LogP contribution < -0.4 is 10.1 Å². The number of benzene rings is 4. The lowest BCUT2D eigenvalue weighted by atomic mass is 9.85. The predicted octanol–water partition coefficient (Wildman–Crippen LogP) is 6.99. The number of nitrogens with one attached hydrogen (secondary N) is 1. The fourth-order valence-corrected chi connectivity index (χ4v) is 5.49. The molecule has 1 aliphatic carbocycles. The van der Waals surface area contributed by atoms with Gasteiger partial charge in [0.2, 0.25) is 0 Å². The van der Waals surface area contributed by atoms with E-state index in [0.29, 0.717) is 12.5 Å². The van der Waals surface area contributed by atoms with Gasteiger partial charge < -0.3 is 15.2 Å². The Hall–Kier alpha value is -3.40. The summed E-state index contributed by atoms with van der Waals surface area (Å²) in [5, 5.41) is 14.5. The van der Waals surface area contributed by atoms with Gasteiger partial charge in [0.1, 0.15) is 12.4 Å². The maximum absolute atomic E-state index is 10.9. The molecule has 0 fully saturated rings. The molecule has 0 amide bonds. The second kappa shape index (κ2) is 12.2. The van der Waals surface area contributed by atoms with Gasteiger partial charge in [-0.3, -0.25) is 0 Å². The molecule has 3 nitrogen and oxygen atoms in total. The Balaban J connectivity index is 1.14. The topological polar surface area (TPSA) is 41.5 Å². The van der Waals surface area contributed by atoms with Gasteiger partial charge in [-0.15, -0.1) is 0 Å². The average molecular weight is 492 g/mol. The van der Waals surface area contributed by atoms with Crippen molar-refractivity contribution in [3.63, 3.8) is 0 Å². The summed E-state index contributed by atoms with van der Waals surface area (Å²) in [4.78, 5) is 0. The van der Waals surface area contributed by atoms with Crippen LogP contribution in [0.3, 0.4) is 0 Å². The normalized spacial score (nSPS) is 14.8. The van der Waals surface area contributed by atoms with Gasteiger partial charge >= 0.3 is 0 Å². The molecule has 4 aromatic carbocycles. The van der Waals surface area contributed by atoms with Crippen LogP contribution in [0.5, 0.6) is 5.75 Å². The predicted molar refractivity (Wildman–Crippen MR) is 151 cm³/mol. The zero-order chi connectivity index (χ0) is 25.5. The molecule has 0 radical (unpaired) electrons. The maximum Gasteiger partial charge on any atom is 0.119 e. The first kappa shape index (κ1) is 25.3. The van der Waals surface area contributed by atoms with Crippen molar-refractivity contribution in [3.8, 4) is 5.75 Å². The summed E-state index contributed by atoms with van der Waals surface area (Å²) < 4.78 is 5.89. The summed E-state index contributed by atoms with van der Waals surface area (Å²) in [6.07, 6.45) is 3.80. The molecule has 3 heteroatoms. The molecule has 0 spiro atoms. The molecule has 0 saturated carbocycles. The molecule has 2 unspecified atom stereocenters. The quantitative estimate of drug-likeness (QED) is 0.235. The Morgan fingerprint density at radius 1 is 0.784 bits per heavy atom. The molecule has 0 aliphatic heterocycles. The van der Waals surface area contributed by atoms with E-state index in [-0.39, 0.29) is 6.04 Å². The fraction of sp³-hybridized carbons (Fsp3) is 0.294. The summed E-state index contributed by atoms with van der Waals surface area (Å²) in [6, 6.07) is 35.8. The third-order valence-corrected chi connectivity index (χ3v) is 7.60. The highest BCUT2D eigenvalue weighted by Crippen LogP contribution is 2.37. The SMILES string of the molecule is CC(NCCCC1c2ccccc2CCc2ccccc21)C(O)c1ccc(OCc2ccccc2)cc1. The van der Waals surface area contributed by atoms with Gasteiger partial charge in [-0.2, -0.15) is 0 Å². The standard InChI is InChI=1S/C34H37NO2/c1-25(34(36)29-19-21-30(22-20-29)37-24-26-10-3-2-4-11-26)35-23-9-16-33-31-14-7-5-12-27(31)17-18-28-13-6-8-15-32(28)33/h2-8,10-15,19-22,25,33-36H,9,16-18,23-24H2,1H3. The molecule has 2 atom stereocenters. The molecule has 2 N–H and O–H groups in total. The molecule has 5 rings (SSSR count). The zero-order valence-electron chi connectivity index (χ0n) is 21.6. The maximum atomic E-state index is 10.9. The van der Waals surface area contributed by atoms with Gasteiger partial charge in [-0.1, -0.05) is 91.0 Å². The first-order valence-electron chi connectivity index (χ1n) is 13.5. The van der Waals surface area contributed by atoms with E-state index in [9.17, 15) is 5.11 Å². The molecule has 37 heavy (non-hydrogen) atoms. The van der Waals surface area contributed by atoms with Crippen LogP contribution in [0.2, 0.25) is 0 Å². The lowest BCUT2D eigenvalue weighted by molar-refractivity contribution is 0.136. The molecular weight excluding hydrogens is 454 g/mol. The van der Waals surface area contributed by atoms with Crippen molar-refractivity contribution in [1.82, 2.24) is 5.32 Å². The monoisotopic (exact) mass is 491 g/mol. The van der Waals surface area contributed by atoms with Gasteiger partial charge in [-0.25, -0.2) is 0 Å². The van der Waals surface area contributed by atoms with Crippen LogP contribution in [0.4, 0.5) is 0 Å². The summed E-state index contributed by atoms with van der Waals surface area (Å²) in [5.74, 6) is 1.24. The highest BCUT2D eigenvalue weighted by Gasteiger charge is 2.23. The van der Waals surface area contributed by atoms with Crippen molar-refractivity contribution in [2.24, 2.45) is 0 Å². The molecule has 0 aromatic heterocycles.